The van der Waals surface area contributed by atoms with E-state index in [4.69, 9.17) is 15.2 Å². The second kappa shape index (κ2) is 11.4. The van der Waals surface area contributed by atoms with Crippen molar-refractivity contribution < 1.29 is 35.8 Å². The third kappa shape index (κ3) is 5.30. The van der Waals surface area contributed by atoms with Crippen molar-refractivity contribution in [3.63, 3.8) is 0 Å². The van der Waals surface area contributed by atoms with Crippen LogP contribution in [0.5, 0.6) is 6.01 Å². The first kappa shape index (κ1) is 31.7. The highest BCUT2D eigenvalue weighted by molar-refractivity contribution is 7.23. The quantitative estimate of drug-likeness (QED) is 0.230. The van der Waals surface area contributed by atoms with Gasteiger partial charge in [-0.2, -0.15) is 28.4 Å². The van der Waals surface area contributed by atoms with Crippen molar-refractivity contribution in [2.45, 2.75) is 63.2 Å². The smallest absolute Gasteiger partial charge is 0.417 e. The molecule has 2 N–H and O–H groups in total. The minimum atomic E-state index is -5.08. The van der Waals surface area contributed by atoms with Gasteiger partial charge in [-0.15, -0.1) is 11.3 Å². The fraction of sp³-hybridized carbons (Fsp3) is 0.469. The molecule has 3 aliphatic rings. The van der Waals surface area contributed by atoms with E-state index in [-0.39, 0.29) is 88.3 Å². The lowest BCUT2D eigenvalue weighted by Gasteiger charge is -2.36. The largest absolute Gasteiger partial charge is 0.461 e. The molecule has 4 unspecified atom stereocenters. The summed E-state index contributed by atoms with van der Waals surface area (Å²) in [5.41, 5.74) is 2.05. The maximum Gasteiger partial charge on any atom is 0.417 e. The molecule has 0 aliphatic carbocycles. The van der Waals surface area contributed by atoms with Gasteiger partial charge in [-0.3, -0.25) is 4.90 Å². The highest BCUT2D eigenvalue weighted by atomic mass is 32.1. The van der Waals surface area contributed by atoms with E-state index >= 15 is 4.39 Å². The molecular weight excluding hydrogens is 646 g/mol. The number of ether oxygens (including phenoxy) is 2. The zero-order valence-electron chi connectivity index (χ0n) is 25.4. The Morgan fingerprint density at radius 1 is 1.17 bits per heavy atom. The van der Waals surface area contributed by atoms with Crippen LogP contribution in [-0.2, 0) is 10.9 Å². The molecule has 2 aromatic carbocycles. The molecule has 0 bridgehead atoms. The molecule has 3 fully saturated rings. The minimum Gasteiger partial charge on any atom is -0.461 e. The van der Waals surface area contributed by atoms with E-state index in [0.29, 0.717) is 24.3 Å². The number of anilines is 2. The van der Waals surface area contributed by atoms with Gasteiger partial charge in [-0.05, 0) is 50.9 Å². The summed E-state index contributed by atoms with van der Waals surface area (Å²) >= 11 is 0.693. The van der Waals surface area contributed by atoms with E-state index in [1.807, 2.05) is 24.8 Å². The van der Waals surface area contributed by atoms with Gasteiger partial charge in [-0.1, -0.05) is 6.07 Å². The van der Waals surface area contributed by atoms with Gasteiger partial charge in [0.1, 0.15) is 41.0 Å². The molecule has 248 valence electrons. The molecule has 0 spiro atoms. The molecule has 0 amide bonds. The third-order valence-electron chi connectivity index (χ3n) is 9.35. The average Bonchev–Trinajstić information content (AvgIpc) is 3.64. The van der Waals surface area contributed by atoms with Crippen LogP contribution >= 0.6 is 11.3 Å². The number of nitriles is 1. The standard InChI is InChI=1S/C32H30F6N6O2S/c1-15-11-43(12-16(2)46-15)29-19-8-21(32(36,37)38)24(18-4-5-22(34)27-23(18)20(10-39)28(40)47-27)25(35)26(19)41-30(42-29)45-14-31-6-3-7-44(31)13-17(33)9-31/h4-5,8,15-17H,3,6-7,9,11-14,40H2,1-2H3. The topological polar surface area (TPSA) is 101 Å². The Labute approximate surface area is 269 Å². The highest BCUT2D eigenvalue weighted by Gasteiger charge is 2.49. The van der Waals surface area contributed by atoms with Crippen molar-refractivity contribution in [2.75, 3.05) is 43.4 Å². The first-order valence-electron chi connectivity index (χ1n) is 15.2. The van der Waals surface area contributed by atoms with Crippen LogP contribution in [0.25, 0.3) is 32.1 Å². The van der Waals surface area contributed by atoms with Crippen molar-refractivity contribution in [3.8, 4) is 23.2 Å². The maximum absolute atomic E-state index is 17.0. The minimum absolute atomic E-state index is 0.0156. The van der Waals surface area contributed by atoms with Gasteiger partial charge in [0, 0.05) is 42.4 Å². The van der Waals surface area contributed by atoms with E-state index < -0.39 is 46.2 Å². The van der Waals surface area contributed by atoms with Crippen LogP contribution in [0.3, 0.4) is 0 Å². The van der Waals surface area contributed by atoms with Crippen molar-refractivity contribution in [1.82, 2.24) is 14.9 Å². The summed E-state index contributed by atoms with van der Waals surface area (Å²) in [7, 11) is 0. The summed E-state index contributed by atoms with van der Waals surface area (Å²) < 4.78 is 103. The number of thiophene rings is 1. The number of hydrogen-bond acceptors (Lipinski definition) is 9. The highest BCUT2D eigenvalue weighted by Crippen LogP contribution is 2.48. The zero-order chi connectivity index (χ0) is 33.4. The predicted octanol–water partition coefficient (Wildman–Crippen LogP) is 6.83. The molecule has 47 heavy (non-hydrogen) atoms. The number of nitrogens with zero attached hydrogens (tertiary/aromatic N) is 5. The van der Waals surface area contributed by atoms with Crippen LogP contribution in [-0.4, -0.2) is 71.6 Å². The molecule has 8 nitrogen and oxygen atoms in total. The number of halogens is 6. The zero-order valence-corrected chi connectivity index (χ0v) is 26.2. The number of hydrogen-bond donors (Lipinski definition) is 1. The van der Waals surface area contributed by atoms with E-state index in [2.05, 4.69) is 9.97 Å². The molecule has 0 saturated carbocycles. The number of nitrogen functional groups attached to an aromatic ring is 1. The van der Waals surface area contributed by atoms with Crippen molar-refractivity contribution in [3.05, 3.63) is 41.0 Å². The number of alkyl halides is 4. The number of nitrogens with two attached hydrogens (primary N) is 1. The summed E-state index contributed by atoms with van der Waals surface area (Å²) in [6.07, 6.45) is -4.94. The first-order valence-corrected chi connectivity index (χ1v) is 16.1. The Bertz CT molecular complexity index is 1940. The van der Waals surface area contributed by atoms with E-state index in [0.717, 1.165) is 24.6 Å². The number of benzene rings is 2. The van der Waals surface area contributed by atoms with Gasteiger partial charge >= 0.3 is 12.2 Å². The molecular formula is C32H30F6N6O2S. The Morgan fingerprint density at radius 3 is 2.62 bits per heavy atom. The summed E-state index contributed by atoms with van der Waals surface area (Å²) in [6.45, 7) is 5.12. The molecule has 4 atom stereocenters. The Kier molecular flexibility index (Phi) is 7.68. The van der Waals surface area contributed by atoms with Crippen LogP contribution in [0.4, 0.5) is 37.2 Å². The van der Waals surface area contributed by atoms with Crippen LogP contribution in [0.2, 0.25) is 0 Å². The molecule has 5 heterocycles. The van der Waals surface area contributed by atoms with E-state index in [1.165, 1.54) is 0 Å². The van der Waals surface area contributed by atoms with Crippen molar-refractivity contribution >= 4 is 43.1 Å². The van der Waals surface area contributed by atoms with Gasteiger partial charge in [0.05, 0.1) is 33.6 Å². The molecule has 3 aliphatic heterocycles. The van der Waals surface area contributed by atoms with Gasteiger partial charge in [0.2, 0.25) is 0 Å². The van der Waals surface area contributed by atoms with Gasteiger partial charge < -0.3 is 20.1 Å². The van der Waals surface area contributed by atoms with Crippen LogP contribution < -0.4 is 15.4 Å². The third-order valence-corrected chi connectivity index (χ3v) is 10.4. The molecule has 3 saturated heterocycles. The monoisotopic (exact) mass is 676 g/mol. The number of rotatable bonds is 5. The Balaban J connectivity index is 1.46. The van der Waals surface area contributed by atoms with E-state index in [1.54, 1.807) is 4.90 Å². The molecule has 4 aromatic rings. The summed E-state index contributed by atoms with van der Waals surface area (Å²) in [6, 6.07) is 4.27. The first-order chi connectivity index (χ1) is 22.3. The lowest BCUT2D eigenvalue weighted by Crippen LogP contribution is -2.46. The number of morpholine rings is 1. The van der Waals surface area contributed by atoms with Crippen molar-refractivity contribution in [1.29, 1.82) is 5.26 Å². The fourth-order valence-corrected chi connectivity index (χ4v) is 8.44. The molecule has 2 aromatic heterocycles. The normalized spacial score (nSPS) is 25.1. The van der Waals surface area contributed by atoms with Crippen LogP contribution in [0.1, 0.15) is 44.2 Å². The van der Waals surface area contributed by atoms with Crippen LogP contribution in [0.15, 0.2) is 18.2 Å². The Hall–Kier alpha value is -3.87. The average molecular weight is 677 g/mol. The predicted molar refractivity (Wildman–Crippen MR) is 165 cm³/mol. The van der Waals surface area contributed by atoms with Gasteiger partial charge in [0.25, 0.3) is 0 Å². The summed E-state index contributed by atoms with van der Waals surface area (Å²) in [4.78, 5) is 12.6. The number of aromatic nitrogens is 2. The van der Waals surface area contributed by atoms with Gasteiger partial charge in [-0.25, -0.2) is 13.2 Å². The fourth-order valence-electron chi connectivity index (χ4n) is 7.49. The lowest BCUT2D eigenvalue weighted by molar-refractivity contribution is -0.137. The molecule has 0 radical (unpaired) electrons. The molecule has 7 rings (SSSR count). The SMILES string of the molecule is CC1CN(c2nc(OCC34CCCN3CC(F)C4)nc3c(F)c(-c4ccc(F)c5sc(N)c(C#N)c45)c(C(F)(F)F)cc23)CC(C)O1. The maximum atomic E-state index is 17.0. The number of fused-ring (bicyclic) bond motifs is 3. The Morgan fingerprint density at radius 2 is 1.91 bits per heavy atom. The van der Waals surface area contributed by atoms with Crippen molar-refractivity contribution in [2.24, 2.45) is 0 Å². The summed E-state index contributed by atoms with van der Waals surface area (Å²) in [5, 5.41) is 9.25. The van der Waals surface area contributed by atoms with E-state index in [9.17, 15) is 27.2 Å². The second-order valence-corrected chi connectivity index (χ2v) is 13.7. The summed E-state index contributed by atoms with van der Waals surface area (Å²) in [5.74, 6) is -2.12. The van der Waals surface area contributed by atoms with Gasteiger partial charge in [0.15, 0.2) is 5.82 Å². The van der Waals surface area contributed by atoms with Crippen LogP contribution in [0, 0.1) is 23.0 Å². The second-order valence-electron chi connectivity index (χ2n) is 12.6. The lowest BCUT2D eigenvalue weighted by atomic mass is 9.92. The molecule has 15 heteroatoms.